The third-order valence-corrected chi connectivity index (χ3v) is 2.19. The zero-order valence-corrected chi connectivity index (χ0v) is 10.00. The molecule has 0 aliphatic carbocycles. The van der Waals surface area contributed by atoms with Crippen LogP contribution < -0.4 is 0 Å². The molecule has 0 aliphatic rings. The molecule has 0 bridgehead atoms. The zero-order valence-electron chi connectivity index (χ0n) is 10.00. The Hall–Kier alpha value is -0.830. The Morgan fingerprint density at radius 2 is 2.00 bits per heavy atom. The highest BCUT2D eigenvalue weighted by Gasteiger charge is 2.03. The Morgan fingerprint density at radius 3 is 2.53 bits per heavy atom. The minimum atomic E-state index is -0.332. The second-order valence-electron chi connectivity index (χ2n) is 3.57. The summed E-state index contributed by atoms with van der Waals surface area (Å²) in [6.45, 7) is 11.2. The smallest absolute Gasteiger partial charge is 0.330 e. The minimum Gasteiger partial charge on any atom is -0.461 e. The third-order valence-electron chi connectivity index (χ3n) is 2.19. The van der Waals surface area contributed by atoms with Crippen molar-refractivity contribution >= 4 is 5.97 Å². The maximum Gasteiger partial charge on any atom is 0.330 e. The number of carbonyl (C=O) groups is 1. The van der Waals surface area contributed by atoms with Crippen LogP contribution in [0.2, 0.25) is 0 Å². The summed E-state index contributed by atoms with van der Waals surface area (Å²) in [5, 5.41) is 0. The highest BCUT2D eigenvalue weighted by molar-refractivity contribution is 5.81. The van der Waals surface area contributed by atoms with Gasteiger partial charge in [-0.15, -0.1) is 0 Å². The maximum atomic E-state index is 10.8. The Kier molecular flexibility index (Phi) is 9.18. The minimum absolute atomic E-state index is 0.332. The fraction of sp³-hybridized carbons (Fsp3) is 0.750. The van der Waals surface area contributed by atoms with Gasteiger partial charge in [0.25, 0.3) is 0 Å². The molecule has 0 fully saturated rings. The normalized spacial score (nSPS) is 10.3. The SMILES string of the molecule is C=CC(=O)OCCN(CCC)CCCC. The molecule has 0 spiro atoms. The van der Waals surface area contributed by atoms with Crippen molar-refractivity contribution in [1.82, 2.24) is 4.90 Å². The van der Waals surface area contributed by atoms with Gasteiger partial charge in [-0.1, -0.05) is 26.8 Å². The number of nitrogens with zero attached hydrogens (tertiary/aromatic N) is 1. The van der Waals surface area contributed by atoms with Crippen molar-refractivity contribution in [3.63, 3.8) is 0 Å². The van der Waals surface area contributed by atoms with Gasteiger partial charge in [-0.05, 0) is 25.9 Å². The van der Waals surface area contributed by atoms with E-state index in [4.69, 9.17) is 4.74 Å². The van der Waals surface area contributed by atoms with Gasteiger partial charge < -0.3 is 4.74 Å². The highest BCUT2D eigenvalue weighted by Crippen LogP contribution is 1.97. The van der Waals surface area contributed by atoms with Gasteiger partial charge in [0.1, 0.15) is 6.61 Å². The van der Waals surface area contributed by atoms with Crippen LogP contribution in [0.4, 0.5) is 0 Å². The zero-order chi connectivity index (χ0) is 11.5. The van der Waals surface area contributed by atoms with Crippen molar-refractivity contribution in [2.24, 2.45) is 0 Å². The Labute approximate surface area is 93.1 Å². The van der Waals surface area contributed by atoms with E-state index in [2.05, 4.69) is 25.3 Å². The molecule has 0 aromatic carbocycles. The lowest BCUT2D eigenvalue weighted by Crippen LogP contribution is -2.30. The quantitative estimate of drug-likeness (QED) is 0.434. The van der Waals surface area contributed by atoms with E-state index in [1.807, 2.05) is 0 Å². The molecule has 0 aromatic rings. The van der Waals surface area contributed by atoms with E-state index in [1.165, 1.54) is 18.9 Å². The highest BCUT2D eigenvalue weighted by atomic mass is 16.5. The van der Waals surface area contributed by atoms with Crippen LogP contribution in [-0.4, -0.2) is 37.1 Å². The van der Waals surface area contributed by atoms with Gasteiger partial charge in [0, 0.05) is 12.6 Å². The van der Waals surface area contributed by atoms with Crippen LogP contribution in [-0.2, 0) is 9.53 Å². The van der Waals surface area contributed by atoms with Gasteiger partial charge in [0.15, 0.2) is 0 Å². The van der Waals surface area contributed by atoms with E-state index in [0.29, 0.717) is 6.61 Å². The molecule has 3 nitrogen and oxygen atoms in total. The topological polar surface area (TPSA) is 29.5 Å². The Balaban J connectivity index is 3.64. The lowest BCUT2D eigenvalue weighted by atomic mass is 10.3. The summed E-state index contributed by atoms with van der Waals surface area (Å²) in [7, 11) is 0. The van der Waals surface area contributed by atoms with E-state index < -0.39 is 0 Å². The first kappa shape index (κ1) is 14.2. The molecule has 88 valence electrons. The third kappa shape index (κ3) is 8.18. The molecular formula is C12H23NO2. The Bertz CT molecular complexity index is 180. The predicted molar refractivity (Wildman–Crippen MR) is 62.8 cm³/mol. The largest absolute Gasteiger partial charge is 0.461 e. The van der Waals surface area contributed by atoms with Crippen LogP contribution in [0.1, 0.15) is 33.1 Å². The predicted octanol–water partition coefficient (Wildman–Crippen LogP) is 2.23. The molecule has 0 aliphatic heterocycles. The van der Waals surface area contributed by atoms with Crippen molar-refractivity contribution in [1.29, 1.82) is 0 Å². The summed E-state index contributed by atoms with van der Waals surface area (Å²) >= 11 is 0. The number of hydrogen-bond donors (Lipinski definition) is 0. The molecule has 0 atom stereocenters. The van der Waals surface area contributed by atoms with Gasteiger partial charge in [-0.3, -0.25) is 4.90 Å². The Morgan fingerprint density at radius 1 is 1.27 bits per heavy atom. The molecule has 15 heavy (non-hydrogen) atoms. The van der Waals surface area contributed by atoms with Gasteiger partial charge in [0.2, 0.25) is 0 Å². The summed E-state index contributed by atoms with van der Waals surface area (Å²) in [6.07, 6.45) is 4.75. The molecule has 3 heteroatoms. The second kappa shape index (κ2) is 9.71. The van der Waals surface area contributed by atoms with E-state index in [1.54, 1.807) is 0 Å². The molecule has 0 heterocycles. The van der Waals surface area contributed by atoms with E-state index >= 15 is 0 Å². The summed E-state index contributed by atoms with van der Waals surface area (Å²) in [5.74, 6) is -0.332. The van der Waals surface area contributed by atoms with Crippen LogP contribution in [0, 0.1) is 0 Å². The van der Waals surface area contributed by atoms with Gasteiger partial charge in [0.05, 0.1) is 0 Å². The first-order valence-electron chi connectivity index (χ1n) is 5.76. The number of hydrogen-bond acceptors (Lipinski definition) is 3. The maximum absolute atomic E-state index is 10.8. The average Bonchev–Trinajstić information content (AvgIpc) is 2.25. The molecular weight excluding hydrogens is 190 g/mol. The first-order chi connectivity index (χ1) is 7.24. The summed E-state index contributed by atoms with van der Waals surface area (Å²) in [4.78, 5) is 13.1. The molecule has 0 aromatic heterocycles. The lowest BCUT2D eigenvalue weighted by Gasteiger charge is -2.20. The monoisotopic (exact) mass is 213 g/mol. The van der Waals surface area contributed by atoms with Crippen molar-refractivity contribution in [3.8, 4) is 0 Å². The number of unbranched alkanes of at least 4 members (excludes halogenated alkanes) is 1. The fourth-order valence-electron chi connectivity index (χ4n) is 1.37. The van der Waals surface area contributed by atoms with Crippen LogP contribution in [0.3, 0.4) is 0 Å². The molecule has 0 N–H and O–H groups in total. The average molecular weight is 213 g/mol. The molecule has 0 unspecified atom stereocenters. The first-order valence-corrected chi connectivity index (χ1v) is 5.76. The van der Waals surface area contributed by atoms with Crippen molar-refractivity contribution in [2.75, 3.05) is 26.2 Å². The van der Waals surface area contributed by atoms with E-state index in [0.717, 1.165) is 26.1 Å². The molecule has 0 saturated heterocycles. The van der Waals surface area contributed by atoms with Crippen LogP contribution in [0.15, 0.2) is 12.7 Å². The number of carbonyl (C=O) groups excluding carboxylic acids is 1. The van der Waals surface area contributed by atoms with Crippen molar-refractivity contribution < 1.29 is 9.53 Å². The van der Waals surface area contributed by atoms with Crippen molar-refractivity contribution in [3.05, 3.63) is 12.7 Å². The van der Waals surface area contributed by atoms with E-state index in [9.17, 15) is 4.79 Å². The van der Waals surface area contributed by atoms with Crippen LogP contribution in [0.5, 0.6) is 0 Å². The standard InChI is InChI=1S/C12H23NO2/c1-4-7-9-13(8-5-2)10-11-15-12(14)6-3/h6H,3-5,7-11H2,1-2H3. The second-order valence-corrected chi connectivity index (χ2v) is 3.57. The fourth-order valence-corrected chi connectivity index (χ4v) is 1.37. The van der Waals surface area contributed by atoms with Gasteiger partial charge >= 0.3 is 5.97 Å². The number of esters is 1. The lowest BCUT2D eigenvalue weighted by molar-refractivity contribution is -0.138. The van der Waals surface area contributed by atoms with Gasteiger partial charge in [-0.25, -0.2) is 4.79 Å². The molecule has 0 amide bonds. The van der Waals surface area contributed by atoms with Crippen LogP contribution >= 0.6 is 0 Å². The molecule has 0 radical (unpaired) electrons. The molecule has 0 rings (SSSR count). The summed E-state index contributed by atoms with van der Waals surface area (Å²) in [5.41, 5.74) is 0. The summed E-state index contributed by atoms with van der Waals surface area (Å²) < 4.78 is 4.95. The van der Waals surface area contributed by atoms with Gasteiger partial charge in [-0.2, -0.15) is 0 Å². The summed E-state index contributed by atoms with van der Waals surface area (Å²) in [6, 6.07) is 0. The van der Waals surface area contributed by atoms with E-state index in [-0.39, 0.29) is 5.97 Å². The number of rotatable bonds is 9. The van der Waals surface area contributed by atoms with Crippen LogP contribution in [0.25, 0.3) is 0 Å². The van der Waals surface area contributed by atoms with Crippen molar-refractivity contribution in [2.45, 2.75) is 33.1 Å². The molecule has 0 saturated carbocycles. The number of ether oxygens (including phenoxy) is 1.